The van der Waals surface area contributed by atoms with Gasteiger partial charge >= 0.3 is 0 Å². The van der Waals surface area contributed by atoms with Crippen LogP contribution in [0.15, 0.2) is 89.9 Å². The van der Waals surface area contributed by atoms with Crippen molar-refractivity contribution in [3.8, 4) is 17.2 Å². The van der Waals surface area contributed by atoms with E-state index in [2.05, 4.69) is 12.1 Å². The van der Waals surface area contributed by atoms with Gasteiger partial charge in [-0.15, -0.1) is 11.6 Å². The van der Waals surface area contributed by atoms with Gasteiger partial charge in [0, 0.05) is 48.6 Å². The molecule has 0 saturated heterocycles. The molecule has 0 aliphatic carbocycles. The molecule has 9 nitrogen and oxygen atoms in total. The summed E-state index contributed by atoms with van der Waals surface area (Å²) in [5, 5.41) is 12.4. The number of hydrogen-bond donors (Lipinski definition) is 1. The molecular formula is C39H33ClN4O5. The lowest BCUT2D eigenvalue weighted by Gasteiger charge is -2.34. The van der Waals surface area contributed by atoms with Crippen molar-refractivity contribution in [2.75, 3.05) is 24.4 Å². The van der Waals surface area contributed by atoms with Crippen molar-refractivity contribution in [2.24, 2.45) is 4.99 Å². The number of methoxy groups -OCH3 is 1. The molecule has 3 aliphatic heterocycles. The van der Waals surface area contributed by atoms with E-state index in [1.54, 1.807) is 23.1 Å². The maximum Gasteiger partial charge on any atom is 0.257 e. The van der Waals surface area contributed by atoms with Crippen LogP contribution in [-0.2, 0) is 30.8 Å². The number of benzene rings is 4. The Morgan fingerprint density at radius 2 is 1.73 bits per heavy atom. The Kier molecular flexibility index (Phi) is 7.92. The Morgan fingerprint density at radius 1 is 0.959 bits per heavy atom. The normalized spacial score (nSPS) is 17.6. The summed E-state index contributed by atoms with van der Waals surface area (Å²) in [6.07, 6.45) is 2.62. The average molecular weight is 673 g/mol. The Morgan fingerprint density at radius 3 is 2.55 bits per heavy atom. The van der Waals surface area contributed by atoms with Crippen LogP contribution >= 0.6 is 11.6 Å². The Labute approximate surface area is 288 Å². The van der Waals surface area contributed by atoms with Gasteiger partial charge in [0.05, 0.1) is 47.9 Å². The molecule has 0 saturated carbocycles. The lowest BCUT2D eigenvalue weighted by Crippen LogP contribution is -2.44. The van der Waals surface area contributed by atoms with Crippen LogP contribution in [0.3, 0.4) is 0 Å². The van der Waals surface area contributed by atoms with E-state index < -0.39 is 0 Å². The predicted molar refractivity (Wildman–Crippen MR) is 189 cm³/mol. The second-order valence-corrected chi connectivity index (χ2v) is 12.9. The Balaban J connectivity index is 0.997. The number of anilines is 1. The molecule has 0 fully saturated rings. The molecular weight excluding hydrogens is 640 g/mol. The summed E-state index contributed by atoms with van der Waals surface area (Å²) < 4.78 is 11.8. The smallest absolute Gasteiger partial charge is 0.257 e. The number of aliphatic imine (C=N–C) groups is 1. The highest BCUT2D eigenvalue weighted by Gasteiger charge is 2.35. The minimum atomic E-state index is -0.139. The fourth-order valence-electron chi connectivity index (χ4n) is 7.22. The first kappa shape index (κ1) is 30.9. The standard InChI is InChI=1S/C39H33ClN4O5/c1-48-35-15-31-32(41-19-28-13-23-7-2-3-8-24(23)20-43(28)39(31)47)16-36(35)49-22-27-10-6-9-26(42-27)14-37(46)44-21-25(18-40)38-30-12-5-4-11-29(30)34(45)17-33(38)44/h2-12,15-17,19,25,28,45H,13-14,18,20-22H2,1H3/t25-,28+/m1/s1. The van der Waals surface area contributed by atoms with E-state index in [-0.39, 0.29) is 42.6 Å². The number of phenols is 1. The number of halogens is 1. The summed E-state index contributed by atoms with van der Waals surface area (Å²) in [6.45, 7) is 1.06. The van der Waals surface area contributed by atoms with Crippen molar-refractivity contribution >= 4 is 51.8 Å². The summed E-state index contributed by atoms with van der Waals surface area (Å²) >= 11 is 6.37. The summed E-state index contributed by atoms with van der Waals surface area (Å²) in [7, 11) is 1.54. The zero-order valence-electron chi connectivity index (χ0n) is 26.8. The molecule has 246 valence electrons. The molecule has 10 heteroatoms. The third-order valence-electron chi connectivity index (χ3n) is 9.65. The van der Waals surface area contributed by atoms with Gasteiger partial charge < -0.3 is 24.4 Å². The third kappa shape index (κ3) is 5.54. The number of ether oxygens (including phenoxy) is 2. The molecule has 5 aromatic rings. The van der Waals surface area contributed by atoms with E-state index in [4.69, 9.17) is 31.1 Å². The maximum absolute atomic E-state index is 13.7. The van der Waals surface area contributed by atoms with Crippen LogP contribution in [0.2, 0.25) is 0 Å². The molecule has 1 aromatic heterocycles. The monoisotopic (exact) mass is 672 g/mol. The van der Waals surface area contributed by atoms with Crippen LogP contribution < -0.4 is 14.4 Å². The van der Waals surface area contributed by atoms with Gasteiger partial charge in [0.25, 0.3) is 5.91 Å². The van der Waals surface area contributed by atoms with E-state index in [0.717, 1.165) is 21.9 Å². The van der Waals surface area contributed by atoms with E-state index >= 15 is 0 Å². The average Bonchev–Trinajstić information content (AvgIpc) is 3.45. The van der Waals surface area contributed by atoms with E-state index in [9.17, 15) is 14.7 Å². The minimum absolute atomic E-state index is 0.0492. The van der Waals surface area contributed by atoms with Crippen LogP contribution in [0, 0.1) is 0 Å². The number of carbonyl (C=O) groups is 2. The van der Waals surface area contributed by atoms with Crippen molar-refractivity contribution in [3.63, 3.8) is 0 Å². The number of alkyl halides is 1. The number of nitrogens with zero attached hydrogens (tertiary/aromatic N) is 4. The number of carbonyl (C=O) groups excluding carboxylic acids is 2. The van der Waals surface area contributed by atoms with Crippen molar-refractivity contribution < 1.29 is 24.2 Å². The molecule has 0 unspecified atom stereocenters. The van der Waals surface area contributed by atoms with Gasteiger partial charge in [0.15, 0.2) is 11.5 Å². The fraction of sp³-hybridized carbons (Fsp3) is 0.231. The number of phenolic OH excluding ortho intramolecular Hbond substituents is 1. The zero-order chi connectivity index (χ0) is 33.6. The minimum Gasteiger partial charge on any atom is -0.507 e. The third-order valence-corrected chi connectivity index (χ3v) is 10.0. The van der Waals surface area contributed by atoms with Crippen LogP contribution in [0.1, 0.15) is 44.4 Å². The molecule has 4 aromatic carbocycles. The lowest BCUT2D eigenvalue weighted by molar-refractivity contribution is -0.118. The van der Waals surface area contributed by atoms with Gasteiger partial charge in [0.2, 0.25) is 5.91 Å². The summed E-state index contributed by atoms with van der Waals surface area (Å²) in [5.74, 6) is 1.05. The van der Waals surface area contributed by atoms with E-state index in [0.29, 0.717) is 65.2 Å². The molecule has 49 heavy (non-hydrogen) atoms. The molecule has 0 radical (unpaired) electrons. The molecule has 0 bridgehead atoms. The van der Waals surface area contributed by atoms with Gasteiger partial charge in [-0.2, -0.15) is 0 Å². The number of hydrogen-bond acceptors (Lipinski definition) is 7. The highest BCUT2D eigenvalue weighted by atomic mass is 35.5. The molecule has 8 rings (SSSR count). The predicted octanol–water partition coefficient (Wildman–Crippen LogP) is 6.72. The summed E-state index contributed by atoms with van der Waals surface area (Å²) in [6, 6.07) is 26.3. The molecule has 2 amide bonds. The quantitative estimate of drug-likeness (QED) is 0.193. The maximum atomic E-state index is 13.7. The molecule has 1 N–H and O–H groups in total. The SMILES string of the molecule is COc1cc2c(cc1OCc1cccc(CC(=O)N3C[C@@H](CCl)c4c3cc(O)c3ccccc43)n1)N=C[C@@H]1Cc3ccccc3CN1C2=O. The molecule has 3 aliphatic rings. The Hall–Kier alpha value is -5.41. The number of rotatable bonds is 7. The number of fused-ring (bicyclic) bond motifs is 6. The number of aromatic nitrogens is 1. The highest BCUT2D eigenvalue weighted by molar-refractivity contribution is 6.19. The molecule has 0 spiro atoms. The van der Waals surface area contributed by atoms with Crippen LogP contribution in [0.4, 0.5) is 11.4 Å². The van der Waals surface area contributed by atoms with Gasteiger partial charge in [-0.3, -0.25) is 19.6 Å². The van der Waals surface area contributed by atoms with Gasteiger partial charge in [-0.25, -0.2) is 0 Å². The number of aromatic hydroxyl groups is 1. The number of pyridine rings is 1. The lowest BCUT2D eigenvalue weighted by atomic mass is 9.94. The van der Waals surface area contributed by atoms with Crippen LogP contribution in [-0.4, -0.2) is 58.6 Å². The molecule has 4 heterocycles. The largest absolute Gasteiger partial charge is 0.507 e. The summed E-state index contributed by atoms with van der Waals surface area (Å²) in [5.41, 5.74) is 6.23. The van der Waals surface area contributed by atoms with E-state index in [1.807, 2.05) is 65.7 Å². The number of amides is 2. The van der Waals surface area contributed by atoms with E-state index in [1.165, 1.54) is 12.7 Å². The van der Waals surface area contributed by atoms with Gasteiger partial charge in [-0.05, 0) is 46.7 Å². The van der Waals surface area contributed by atoms with Crippen molar-refractivity contribution in [3.05, 3.63) is 119 Å². The first-order valence-electron chi connectivity index (χ1n) is 16.2. The Bertz CT molecular complexity index is 2170. The van der Waals surface area contributed by atoms with Crippen LogP contribution in [0.5, 0.6) is 17.2 Å². The first-order valence-corrected chi connectivity index (χ1v) is 16.8. The second kappa shape index (κ2) is 12.6. The fourth-order valence-corrected chi connectivity index (χ4v) is 7.47. The van der Waals surface area contributed by atoms with Crippen molar-refractivity contribution in [1.29, 1.82) is 0 Å². The summed E-state index contributed by atoms with van der Waals surface area (Å²) in [4.78, 5) is 40.4. The second-order valence-electron chi connectivity index (χ2n) is 12.6. The van der Waals surface area contributed by atoms with Crippen LogP contribution in [0.25, 0.3) is 10.8 Å². The van der Waals surface area contributed by atoms with Crippen molar-refractivity contribution in [1.82, 2.24) is 9.88 Å². The van der Waals surface area contributed by atoms with Crippen molar-refractivity contribution in [2.45, 2.75) is 38.0 Å². The zero-order valence-corrected chi connectivity index (χ0v) is 27.6. The first-order chi connectivity index (χ1) is 23.9. The highest BCUT2D eigenvalue weighted by Crippen LogP contribution is 2.45. The van der Waals surface area contributed by atoms with Gasteiger partial charge in [-0.1, -0.05) is 54.6 Å². The molecule has 2 atom stereocenters. The topological polar surface area (TPSA) is 105 Å². The van der Waals surface area contributed by atoms with Gasteiger partial charge in [0.1, 0.15) is 12.4 Å².